The number of ether oxygens (including phenoxy) is 4. The maximum atomic E-state index is 11.8. The zero-order chi connectivity index (χ0) is 31.6. The molecule has 10 nitrogen and oxygen atoms in total. The molecule has 0 aliphatic carbocycles. The van der Waals surface area contributed by atoms with Gasteiger partial charge in [0.1, 0.15) is 5.94 Å². The highest BCUT2D eigenvalue weighted by Gasteiger charge is 2.19. The van der Waals surface area contributed by atoms with E-state index in [2.05, 4.69) is 69.3 Å². The summed E-state index contributed by atoms with van der Waals surface area (Å²) in [5.74, 6) is 7.35. The highest BCUT2D eigenvalue weighted by atomic mass is 33.1. The van der Waals surface area contributed by atoms with Gasteiger partial charge in [0.2, 0.25) is 0 Å². The molecule has 4 N–H and O–H groups in total. The molecule has 0 saturated carbocycles. The zero-order valence-corrected chi connectivity index (χ0v) is 28.5. The fourth-order valence-electron chi connectivity index (χ4n) is 2.59. The number of hydrogen-bond acceptors (Lipinski definition) is 10. The number of alkyl carbamates (subject to hydrolysis) is 1. The van der Waals surface area contributed by atoms with Crippen molar-refractivity contribution in [2.24, 2.45) is 5.92 Å². The first-order valence-corrected chi connectivity index (χ1v) is 16.9. The van der Waals surface area contributed by atoms with E-state index in [9.17, 15) is 4.79 Å². The van der Waals surface area contributed by atoms with Crippen LogP contribution in [0.3, 0.4) is 0 Å². The molecule has 0 spiro atoms. The predicted octanol–water partition coefficient (Wildman–Crippen LogP) is 5.02. The van der Waals surface area contributed by atoms with E-state index in [1.165, 1.54) is 0 Å². The Balaban J connectivity index is -0.00000269. The van der Waals surface area contributed by atoms with Crippen LogP contribution in [-0.2, 0) is 23.7 Å². The van der Waals surface area contributed by atoms with Gasteiger partial charge in [-0.25, -0.2) is 4.79 Å². The number of nitrogens with one attached hydrogen (secondary N) is 3. The van der Waals surface area contributed by atoms with Crippen molar-refractivity contribution in [3.63, 3.8) is 0 Å². The highest BCUT2D eigenvalue weighted by Crippen LogP contribution is 2.37. The van der Waals surface area contributed by atoms with E-state index in [1.807, 2.05) is 13.8 Å². The van der Waals surface area contributed by atoms with Crippen LogP contribution in [0.2, 0.25) is 0 Å². The molecule has 1 amide bonds. The molecule has 0 aliphatic rings. The zero-order valence-electron chi connectivity index (χ0n) is 26.8. The summed E-state index contributed by atoms with van der Waals surface area (Å²) in [5.41, 5.74) is 0. The molecule has 0 radical (unpaired) electrons. The summed E-state index contributed by atoms with van der Waals surface area (Å²) < 4.78 is 21.9. The van der Waals surface area contributed by atoms with E-state index in [0.717, 1.165) is 45.5 Å². The van der Waals surface area contributed by atoms with Gasteiger partial charge in [0, 0.05) is 36.4 Å². The molecule has 0 heterocycles. The molecule has 0 aliphatic heterocycles. The molecule has 0 atom stereocenters. The van der Waals surface area contributed by atoms with Crippen LogP contribution in [-0.4, -0.2) is 100 Å². The summed E-state index contributed by atoms with van der Waals surface area (Å²) in [4.78, 5) is 20.2. The van der Waals surface area contributed by atoms with Crippen molar-refractivity contribution in [1.82, 2.24) is 16.0 Å². The Morgan fingerprint density at radius 3 is 2.17 bits per heavy atom. The first-order valence-electron chi connectivity index (χ1n) is 14.6. The quantitative estimate of drug-likeness (QED) is 0.0402. The molecule has 12 heteroatoms. The minimum Gasteiger partial charge on any atom is -0.483 e. The smallest absolute Gasteiger partial charge is 0.407 e. The Kier molecular flexibility index (Phi) is 37.8. The van der Waals surface area contributed by atoms with Crippen LogP contribution in [0.4, 0.5) is 4.79 Å². The lowest BCUT2D eigenvalue weighted by molar-refractivity contribution is -0.122. The second-order valence-electron chi connectivity index (χ2n) is 9.60. The van der Waals surface area contributed by atoms with Gasteiger partial charge in [-0.15, -0.1) is 0 Å². The van der Waals surface area contributed by atoms with E-state index in [0.29, 0.717) is 57.5 Å². The van der Waals surface area contributed by atoms with Crippen LogP contribution in [0.15, 0.2) is 0 Å². The van der Waals surface area contributed by atoms with Gasteiger partial charge < -0.3 is 40.0 Å². The van der Waals surface area contributed by atoms with E-state index in [4.69, 9.17) is 28.8 Å². The van der Waals surface area contributed by atoms with Crippen LogP contribution < -0.4 is 16.0 Å². The Hall–Kier alpha value is -1.20. The number of rotatable bonds is 23. The molecule has 0 bridgehead atoms. The van der Waals surface area contributed by atoms with Gasteiger partial charge in [-0.3, -0.25) is 4.79 Å². The Morgan fingerprint density at radius 1 is 0.927 bits per heavy atom. The average molecular weight is 626 g/mol. The van der Waals surface area contributed by atoms with Crippen molar-refractivity contribution in [2.45, 2.75) is 85.4 Å². The predicted molar refractivity (Wildman–Crippen MR) is 174 cm³/mol. The molecule has 0 aromatic carbocycles. The van der Waals surface area contributed by atoms with Gasteiger partial charge in [0.25, 0.3) is 6.47 Å². The normalized spacial score (nSPS) is 10.6. The van der Waals surface area contributed by atoms with Crippen molar-refractivity contribution in [3.05, 3.63) is 0 Å². The minimum atomic E-state index is -0.409. The second kappa shape index (κ2) is 35.0. The molecule has 0 aromatic rings. The number of carbonyl (C=O) groups is 2. The number of hydrogen-bond donors (Lipinski definition) is 4. The van der Waals surface area contributed by atoms with Crippen molar-refractivity contribution in [3.8, 4) is 11.8 Å². The van der Waals surface area contributed by atoms with Crippen LogP contribution in [0, 0.1) is 17.8 Å². The minimum absolute atomic E-state index is 0.0109. The molecule has 41 heavy (non-hydrogen) atoms. The van der Waals surface area contributed by atoms with Crippen molar-refractivity contribution >= 4 is 34.2 Å². The monoisotopic (exact) mass is 625 g/mol. The van der Waals surface area contributed by atoms with Crippen LogP contribution in [0.1, 0.15) is 74.7 Å². The molecule has 0 saturated heterocycles. The summed E-state index contributed by atoms with van der Waals surface area (Å²) in [5, 5.41) is 16.2. The summed E-state index contributed by atoms with van der Waals surface area (Å²) in [6.07, 6.45) is 2.48. The summed E-state index contributed by atoms with van der Waals surface area (Å²) in [6.45, 7) is 22.7. The Morgan fingerprint density at radius 2 is 1.56 bits per heavy atom. The maximum Gasteiger partial charge on any atom is 0.407 e. The fourth-order valence-corrected chi connectivity index (χ4v) is 4.86. The summed E-state index contributed by atoms with van der Waals surface area (Å²) >= 11 is 0. The van der Waals surface area contributed by atoms with E-state index >= 15 is 0 Å². The van der Waals surface area contributed by atoms with E-state index in [-0.39, 0.29) is 11.2 Å². The van der Waals surface area contributed by atoms with Gasteiger partial charge in [-0.1, -0.05) is 75.0 Å². The van der Waals surface area contributed by atoms with Gasteiger partial charge in [0.15, 0.2) is 0 Å². The van der Waals surface area contributed by atoms with Crippen LogP contribution in [0.5, 0.6) is 0 Å². The third-order valence-corrected chi connectivity index (χ3v) is 7.57. The summed E-state index contributed by atoms with van der Waals surface area (Å²) in [6, 6.07) is 0.466. The molecule has 0 rings (SSSR count). The lowest BCUT2D eigenvalue weighted by Gasteiger charge is -2.22. The Labute approximate surface area is 258 Å². The molecule has 0 unspecified atom stereocenters. The lowest BCUT2D eigenvalue weighted by atomic mass is 10.1. The number of amides is 1. The molecular weight excluding hydrogens is 566 g/mol. The van der Waals surface area contributed by atoms with E-state index in [1.54, 1.807) is 21.6 Å². The van der Waals surface area contributed by atoms with Gasteiger partial charge >= 0.3 is 6.09 Å². The molecule has 0 fully saturated rings. The van der Waals surface area contributed by atoms with Crippen molar-refractivity contribution in [2.75, 3.05) is 71.8 Å². The fraction of sp³-hybridized carbons (Fsp3) is 0.862. The topological polar surface area (TPSA) is 127 Å². The molecular formula is C29H59N3O7S2. The second-order valence-corrected chi connectivity index (χ2v) is 12.5. The standard InChI is InChI=1S/C26H51N3O5S2.C2H6.CH2O2/c1-23(2)10-9-13-27-12-7-8-16-33-22-35-36-26(5,6)11-17-34-25(30)29-15-19-32-21-20-31-18-14-28-24(3)4;1-2;2-1-3/h23-24,27-28H,7-8,11-22H2,1-6H3,(H,29,30);1-2H3;1H,(H,2,3). The largest absolute Gasteiger partial charge is 0.483 e. The third kappa shape index (κ3) is 43.4. The maximum absolute atomic E-state index is 11.8. The first kappa shape index (κ1) is 44.2. The van der Waals surface area contributed by atoms with Gasteiger partial charge in [0.05, 0.1) is 39.6 Å². The van der Waals surface area contributed by atoms with Crippen molar-refractivity contribution in [1.29, 1.82) is 0 Å². The van der Waals surface area contributed by atoms with Crippen LogP contribution in [0.25, 0.3) is 0 Å². The number of carbonyl (C=O) groups excluding carboxylic acids is 1. The molecule has 0 aromatic heterocycles. The third-order valence-electron chi connectivity index (χ3n) is 4.54. The number of unbranched alkanes of at least 4 members (excludes halogenated alkanes) is 1. The Bertz CT molecular complexity index is 631. The summed E-state index contributed by atoms with van der Waals surface area (Å²) in [7, 11) is 3.46. The van der Waals surface area contributed by atoms with Crippen LogP contribution >= 0.6 is 21.6 Å². The number of carboxylic acid groups (broad SMARTS) is 1. The van der Waals surface area contributed by atoms with Gasteiger partial charge in [-0.2, -0.15) is 0 Å². The van der Waals surface area contributed by atoms with E-state index < -0.39 is 6.09 Å². The average Bonchev–Trinajstić information content (AvgIpc) is 2.91. The lowest BCUT2D eigenvalue weighted by Crippen LogP contribution is -2.30. The van der Waals surface area contributed by atoms with Crippen molar-refractivity contribution < 1.29 is 33.6 Å². The highest BCUT2D eigenvalue weighted by molar-refractivity contribution is 8.77. The molecule has 244 valence electrons. The SMILES string of the molecule is CC.CC(C)C#CCNCCCCOCSSC(C)(C)CCOC(=O)NCCOCCOCCNC(C)C.O=CO. The van der Waals surface area contributed by atoms with Gasteiger partial charge in [-0.05, 0) is 39.7 Å². The first-order chi connectivity index (χ1) is 19.6.